The first kappa shape index (κ1) is 22.9. The lowest BCUT2D eigenvalue weighted by Crippen LogP contribution is -2.41. The molecule has 0 unspecified atom stereocenters. The number of rotatable bonds is 5. The molecule has 1 aliphatic rings. The van der Waals surface area contributed by atoms with Crippen molar-refractivity contribution >= 4 is 38.4 Å². The molecule has 8 heteroatoms. The van der Waals surface area contributed by atoms with Gasteiger partial charge in [-0.05, 0) is 73.4 Å². The smallest absolute Gasteiger partial charge is 0.335 e. The number of carbonyl (C=O) groups is 2. The number of amides is 1. The second kappa shape index (κ2) is 8.96. The van der Waals surface area contributed by atoms with Gasteiger partial charge >= 0.3 is 5.97 Å². The van der Waals surface area contributed by atoms with Crippen LogP contribution in [0.4, 0.5) is 5.69 Å². The van der Waals surface area contributed by atoms with Crippen LogP contribution in [0.15, 0.2) is 59.5 Å². The molecule has 33 heavy (non-hydrogen) atoms. The average Bonchev–Trinajstić information content (AvgIpc) is 2.78. The van der Waals surface area contributed by atoms with Crippen molar-refractivity contribution in [1.29, 1.82) is 0 Å². The zero-order valence-electron chi connectivity index (χ0n) is 18.5. The molecule has 172 valence electrons. The Morgan fingerprint density at radius 1 is 0.939 bits per heavy atom. The lowest BCUT2D eigenvalue weighted by Gasteiger charge is -2.31. The van der Waals surface area contributed by atoms with Gasteiger partial charge < -0.3 is 10.4 Å². The molecule has 1 amide bonds. The number of carbonyl (C=O) groups excluding carboxylic acids is 1. The first-order valence-corrected chi connectivity index (χ1v) is 12.2. The number of fused-ring (bicyclic) bond motifs is 1. The third-order valence-corrected chi connectivity index (χ3v) is 8.19. The molecule has 1 aliphatic heterocycles. The maximum absolute atomic E-state index is 13.1. The number of hydrogen-bond donors (Lipinski definition) is 2. The molecule has 0 radical (unpaired) electrons. The highest BCUT2D eigenvalue weighted by Crippen LogP contribution is 2.27. The molecule has 0 atom stereocenters. The fraction of sp³-hybridized carbons (Fsp3) is 0.280. The minimum absolute atomic E-state index is 0.139. The molecule has 0 spiro atoms. The van der Waals surface area contributed by atoms with Gasteiger partial charge in [0.25, 0.3) is 0 Å². The van der Waals surface area contributed by atoms with Gasteiger partial charge in [0.05, 0.1) is 10.5 Å². The van der Waals surface area contributed by atoms with Crippen molar-refractivity contribution in [2.75, 3.05) is 18.4 Å². The number of nitrogens with zero attached hydrogens (tertiary/aromatic N) is 1. The Labute approximate surface area is 193 Å². The van der Waals surface area contributed by atoms with E-state index < -0.39 is 16.0 Å². The van der Waals surface area contributed by atoms with E-state index in [9.17, 15) is 18.0 Å². The van der Waals surface area contributed by atoms with Crippen LogP contribution < -0.4 is 5.32 Å². The summed E-state index contributed by atoms with van der Waals surface area (Å²) in [7, 11) is -3.59. The Kier molecular flexibility index (Phi) is 6.23. The van der Waals surface area contributed by atoms with Crippen LogP contribution in [0.3, 0.4) is 0 Å². The third-order valence-electron chi connectivity index (χ3n) is 6.13. The van der Waals surface area contributed by atoms with Crippen LogP contribution in [0.5, 0.6) is 0 Å². The van der Waals surface area contributed by atoms with E-state index >= 15 is 0 Å². The highest BCUT2D eigenvalue weighted by Gasteiger charge is 2.32. The Morgan fingerprint density at radius 3 is 2.27 bits per heavy atom. The van der Waals surface area contributed by atoms with E-state index in [2.05, 4.69) is 5.32 Å². The second-order valence-corrected chi connectivity index (χ2v) is 10.4. The van der Waals surface area contributed by atoms with Gasteiger partial charge in [0.2, 0.25) is 15.9 Å². The van der Waals surface area contributed by atoms with Crippen molar-refractivity contribution < 1.29 is 23.1 Å². The van der Waals surface area contributed by atoms with E-state index in [1.807, 2.05) is 13.0 Å². The molecule has 2 N–H and O–H groups in total. The van der Waals surface area contributed by atoms with Crippen molar-refractivity contribution in [2.24, 2.45) is 5.92 Å². The number of hydrogen-bond acceptors (Lipinski definition) is 4. The summed E-state index contributed by atoms with van der Waals surface area (Å²) in [5.74, 6) is -1.40. The normalized spacial score (nSPS) is 15.5. The van der Waals surface area contributed by atoms with Crippen molar-refractivity contribution in [1.82, 2.24) is 4.31 Å². The molecule has 1 heterocycles. The van der Waals surface area contributed by atoms with Gasteiger partial charge in [-0.1, -0.05) is 29.8 Å². The fourth-order valence-corrected chi connectivity index (χ4v) is 5.96. The van der Waals surface area contributed by atoms with Gasteiger partial charge in [0, 0.05) is 24.7 Å². The summed E-state index contributed by atoms with van der Waals surface area (Å²) in [6.45, 7) is 4.31. The summed E-state index contributed by atoms with van der Waals surface area (Å²) in [4.78, 5) is 24.3. The zero-order valence-corrected chi connectivity index (χ0v) is 19.4. The molecule has 0 aliphatic carbocycles. The number of piperidine rings is 1. The average molecular weight is 467 g/mol. The van der Waals surface area contributed by atoms with E-state index in [0.717, 1.165) is 21.9 Å². The zero-order chi connectivity index (χ0) is 23.8. The Bertz CT molecular complexity index is 1340. The van der Waals surface area contributed by atoms with Crippen molar-refractivity contribution in [3.63, 3.8) is 0 Å². The number of benzene rings is 3. The summed E-state index contributed by atoms with van der Waals surface area (Å²) < 4.78 is 27.6. The highest BCUT2D eigenvalue weighted by molar-refractivity contribution is 7.89. The van der Waals surface area contributed by atoms with Crippen molar-refractivity contribution in [3.05, 3.63) is 71.3 Å². The number of sulfonamides is 1. The monoisotopic (exact) mass is 466 g/mol. The molecular formula is C25H26N2O5S. The molecule has 0 aromatic heterocycles. The van der Waals surface area contributed by atoms with Crippen molar-refractivity contribution in [2.45, 2.75) is 31.6 Å². The fourth-order valence-electron chi connectivity index (χ4n) is 4.29. The maximum Gasteiger partial charge on any atom is 0.335 e. The quantitative estimate of drug-likeness (QED) is 0.587. The van der Waals surface area contributed by atoms with Gasteiger partial charge in [-0.2, -0.15) is 4.31 Å². The second-order valence-electron chi connectivity index (χ2n) is 8.52. The molecule has 3 aromatic rings. The Morgan fingerprint density at radius 2 is 1.61 bits per heavy atom. The molecular weight excluding hydrogens is 440 g/mol. The van der Waals surface area contributed by atoms with E-state index in [4.69, 9.17) is 5.11 Å². The first-order chi connectivity index (χ1) is 15.6. The molecule has 7 nitrogen and oxygen atoms in total. The minimum atomic E-state index is -3.59. The predicted octanol–water partition coefficient (Wildman–Crippen LogP) is 4.19. The minimum Gasteiger partial charge on any atom is -0.478 e. The number of carboxylic acids is 1. The van der Waals surface area contributed by atoms with E-state index in [-0.39, 0.29) is 17.4 Å². The number of carboxylic acid groups (broad SMARTS) is 1. The number of aryl methyl sites for hydroxylation is 2. The van der Waals surface area contributed by atoms with Crippen LogP contribution in [0.1, 0.15) is 34.3 Å². The van der Waals surface area contributed by atoms with Crippen LogP contribution >= 0.6 is 0 Å². The molecule has 3 aromatic carbocycles. The summed E-state index contributed by atoms with van der Waals surface area (Å²) in [6, 6.07) is 15.5. The van der Waals surface area contributed by atoms with E-state index in [1.165, 1.54) is 10.4 Å². The van der Waals surface area contributed by atoms with E-state index in [1.54, 1.807) is 49.4 Å². The van der Waals surface area contributed by atoms with Gasteiger partial charge in [0.15, 0.2) is 0 Å². The summed E-state index contributed by atoms with van der Waals surface area (Å²) in [5, 5.41) is 13.6. The van der Waals surface area contributed by atoms with Crippen LogP contribution in [-0.2, 0) is 14.8 Å². The van der Waals surface area contributed by atoms with Crippen LogP contribution in [0.2, 0.25) is 0 Å². The first-order valence-electron chi connectivity index (χ1n) is 10.8. The Hall–Kier alpha value is -3.23. The Balaban J connectivity index is 1.41. The number of anilines is 1. The van der Waals surface area contributed by atoms with Crippen molar-refractivity contribution in [3.8, 4) is 0 Å². The standard InChI is InChI=1S/C25H26N2O5S/c1-16-3-8-23(17(2)13-16)33(31,32)27-11-9-18(10-12-27)24(28)26-22-7-6-19-14-21(25(29)30)5-4-20(19)15-22/h3-8,13-15,18H,9-12H2,1-2H3,(H,26,28)(H,29,30). The topological polar surface area (TPSA) is 104 Å². The summed E-state index contributed by atoms with van der Waals surface area (Å²) in [6.07, 6.45) is 0.900. The van der Waals surface area contributed by atoms with Crippen LogP contribution in [-0.4, -0.2) is 42.8 Å². The predicted molar refractivity (Wildman–Crippen MR) is 127 cm³/mol. The summed E-state index contributed by atoms with van der Waals surface area (Å²) in [5.41, 5.74) is 2.57. The largest absolute Gasteiger partial charge is 0.478 e. The van der Waals surface area contributed by atoms with Crippen LogP contribution in [0.25, 0.3) is 10.8 Å². The van der Waals surface area contributed by atoms with Gasteiger partial charge in [-0.3, -0.25) is 4.79 Å². The SMILES string of the molecule is Cc1ccc(S(=O)(=O)N2CCC(C(=O)Nc3ccc4cc(C(=O)O)ccc4c3)CC2)c(C)c1. The molecule has 1 saturated heterocycles. The number of nitrogens with one attached hydrogen (secondary N) is 1. The lowest BCUT2D eigenvalue weighted by molar-refractivity contribution is -0.120. The third kappa shape index (κ3) is 4.77. The summed E-state index contributed by atoms with van der Waals surface area (Å²) >= 11 is 0. The molecule has 1 fully saturated rings. The molecule has 0 bridgehead atoms. The highest BCUT2D eigenvalue weighted by atomic mass is 32.2. The van der Waals surface area contributed by atoms with Crippen LogP contribution in [0, 0.1) is 19.8 Å². The van der Waals surface area contributed by atoms with Gasteiger partial charge in [-0.25, -0.2) is 13.2 Å². The number of aromatic carboxylic acids is 1. The van der Waals surface area contributed by atoms with Gasteiger partial charge in [0.1, 0.15) is 0 Å². The van der Waals surface area contributed by atoms with Gasteiger partial charge in [-0.15, -0.1) is 0 Å². The van der Waals surface area contributed by atoms with E-state index in [0.29, 0.717) is 36.5 Å². The molecule has 4 rings (SSSR count). The molecule has 0 saturated carbocycles. The lowest BCUT2D eigenvalue weighted by atomic mass is 9.97. The maximum atomic E-state index is 13.1.